The first-order valence-corrected chi connectivity index (χ1v) is 8.26. The first-order chi connectivity index (χ1) is 11.0. The Morgan fingerprint density at radius 1 is 1.30 bits per heavy atom. The van der Waals surface area contributed by atoms with Crippen molar-refractivity contribution >= 4 is 11.6 Å². The number of nitrogens with zero attached hydrogens (tertiary/aromatic N) is 3. The minimum Gasteiger partial charge on any atom is -0.339 e. The molecule has 1 fully saturated rings. The lowest BCUT2D eigenvalue weighted by Gasteiger charge is -2.30. The van der Waals surface area contributed by atoms with Crippen molar-refractivity contribution in [1.29, 1.82) is 0 Å². The highest BCUT2D eigenvalue weighted by molar-refractivity contribution is 5.99. The average Bonchev–Trinajstić information content (AvgIpc) is 2.93. The van der Waals surface area contributed by atoms with Crippen LogP contribution in [0.1, 0.15) is 39.5 Å². The summed E-state index contributed by atoms with van der Waals surface area (Å²) in [7, 11) is 0. The van der Waals surface area contributed by atoms with E-state index >= 15 is 0 Å². The van der Waals surface area contributed by atoms with Crippen molar-refractivity contribution in [2.45, 2.75) is 40.0 Å². The van der Waals surface area contributed by atoms with Gasteiger partial charge in [0, 0.05) is 30.6 Å². The number of carbonyl (C=O) groups is 1. The number of hydrogen-bond acceptors (Lipinski definition) is 4. The topological polar surface area (TPSA) is 59.2 Å². The lowest BCUT2D eigenvalue weighted by molar-refractivity contribution is -0.122. The van der Waals surface area contributed by atoms with E-state index in [4.69, 9.17) is 4.52 Å². The smallest absolute Gasteiger partial charge is 0.228 e. The maximum atomic E-state index is 11.6. The monoisotopic (exact) mass is 313 g/mol. The van der Waals surface area contributed by atoms with Crippen molar-refractivity contribution < 1.29 is 9.32 Å². The van der Waals surface area contributed by atoms with E-state index in [0.29, 0.717) is 30.0 Å². The lowest BCUT2D eigenvalue weighted by Crippen LogP contribution is -2.43. The molecule has 0 aliphatic carbocycles. The molecule has 122 valence electrons. The molecule has 1 aliphatic rings. The second kappa shape index (κ2) is 6.52. The van der Waals surface area contributed by atoms with E-state index in [1.54, 1.807) is 4.90 Å². The summed E-state index contributed by atoms with van der Waals surface area (Å²) >= 11 is 0. The van der Waals surface area contributed by atoms with Crippen LogP contribution in [0.15, 0.2) is 28.8 Å². The SMILES string of the molecule is CC(C)C[C@H](C)Cc1nc(-c2cccc(N3CCC3=O)c2)no1. The molecule has 0 bridgehead atoms. The fraction of sp³-hybridized carbons (Fsp3) is 0.500. The molecule has 0 saturated carbocycles. The molecule has 1 aromatic heterocycles. The van der Waals surface area contributed by atoms with Gasteiger partial charge in [0.2, 0.25) is 17.6 Å². The van der Waals surface area contributed by atoms with Crippen LogP contribution in [-0.2, 0) is 11.2 Å². The van der Waals surface area contributed by atoms with Crippen molar-refractivity contribution in [1.82, 2.24) is 10.1 Å². The minimum atomic E-state index is 0.165. The third-order valence-electron chi connectivity index (χ3n) is 4.13. The van der Waals surface area contributed by atoms with E-state index < -0.39 is 0 Å². The Hall–Kier alpha value is -2.17. The normalized spacial score (nSPS) is 15.8. The largest absolute Gasteiger partial charge is 0.339 e. The van der Waals surface area contributed by atoms with Gasteiger partial charge in [-0.3, -0.25) is 4.79 Å². The summed E-state index contributed by atoms with van der Waals surface area (Å²) in [4.78, 5) is 17.9. The number of aromatic nitrogens is 2. The Morgan fingerprint density at radius 3 is 2.78 bits per heavy atom. The van der Waals surface area contributed by atoms with Gasteiger partial charge in [0.1, 0.15) is 0 Å². The highest BCUT2D eigenvalue weighted by Gasteiger charge is 2.25. The van der Waals surface area contributed by atoms with E-state index in [0.717, 1.165) is 30.6 Å². The highest BCUT2D eigenvalue weighted by atomic mass is 16.5. The number of amides is 1. The summed E-state index contributed by atoms with van der Waals surface area (Å²) in [6.07, 6.45) is 2.57. The number of rotatable bonds is 6. The van der Waals surface area contributed by atoms with Crippen LogP contribution in [0.5, 0.6) is 0 Å². The van der Waals surface area contributed by atoms with Crippen LogP contribution in [0.4, 0.5) is 5.69 Å². The molecular formula is C18H23N3O2. The van der Waals surface area contributed by atoms with Gasteiger partial charge in [-0.2, -0.15) is 4.98 Å². The second-order valence-electron chi connectivity index (χ2n) is 6.80. The zero-order valence-corrected chi connectivity index (χ0v) is 14.0. The molecule has 2 heterocycles. The van der Waals surface area contributed by atoms with Gasteiger partial charge in [-0.1, -0.05) is 38.1 Å². The minimum absolute atomic E-state index is 0.165. The van der Waals surface area contributed by atoms with Crippen molar-refractivity contribution in [2.75, 3.05) is 11.4 Å². The fourth-order valence-electron chi connectivity index (χ4n) is 3.04. The number of β-lactam (4-membered cyclic amide) rings is 1. The first kappa shape index (κ1) is 15.7. The van der Waals surface area contributed by atoms with Gasteiger partial charge in [0.25, 0.3) is 0 Å². The van der Waals surface area contributed by atoms with E-state index in [-0.39, 0.29) is 5.91 Å². The molecule has 0 unspecified atom stereocenters. The van der Waals surface area contributed by atoms with Crippen LogP contribution >= 0.6 is 0 Å². The molecule has 3 rings (SSSR count). The summed E-state index contributed by atoms with van der Waals surface area (Å²) in [6.45, 7) is 7.43. The Morgan fingerprint density at radius 2 is 2.13 bits per heavy atom. The molecule has 1 atom stereocenters. The second-order valence-corrected chi connectivity index (χ2v) is 6.80. The molecule has 5 nitrogen and oxygen atoms in total. The Labute approximate surface area is 136 Å². The zero-order valence-electron chi connectivity index (χ0n) is 14.0. The predicted octanol–water partition coefficient (Wildman–Crippen LogP) is 3.70. The van der Waals surface area contributed by atoms with Gasteiger partial charge in [0.05, 0.1) is 0 Å². The molecule has 0 N–H and O–H groups in total. The number of benzene rings is 1. The van der Waals surface area contributed by atoms with Crippen LogP contribution in [-0.4, -0.2) is 22.6 Å². The van der Waals surface area contributed by atoms with Gasteiger partial charge < -0.3 is 9.42 Å². The van der Waals surface area contributed by atoms with Crippen LogP contribution in [0, 0.1) is 11.8 Å². The molecule has 1 aromatic carbocycles. The number of carbonyl (C=O) groups excluding carboxylic acids is 1. The molecule has 23 heavy (non-hydrogen) atoms. The molecule has 1 saturated heterocycles. The zero-order chi connectivity index (χ0) is 16.4. The molecule has 0 spiro atoms. The van der Waals surface area contributed by atoms with Crippen LogP contribution in [0.2, 0.25) is 0 Å². The number of anilines is 1. The first-order valence-electron chi connectivity index (χ1n) is 8.26. The third-order valence-corrected chi connectivity index (χ3v) is 4.13. The maximum absolute atomic E-state index is 11.6. The summed E-state index contributed by atoms with van der Waals surface area (Å²) in [5, 5.41) is 4.09. The van der Waals surface area contributed by atoms with Crippen molar-refractivity contribution in [2.24, 2.45) is 11.8 Å². The van der Waals surface area contributed by atoms with E-state index in [1.807, 2.05) is 24.3 Å². The number of hydrogen-bond donors (Lipinski definition) is 0. The van der Waals surface area contributed by atoms with Crippen LogP contribution in [0.3, 0.4) is 0 Å². The summed E-state index contributed by atoms with van der Waals surface area (Å²) in [5.41, 5.74) is 1.78. The molecule has 5 heteroatoms. The third kappa shape index (κ3) is 3.60. The molecule has 2 aromatic rings. The fourth-order valence-corrected chi connectivity index (χ4v) is 3.04. The summed E-state index contributed by atoms with van der Waals surface area (Å²) < 4.78 is 5.39. The van der Waals surface area contributed by atoms with Gasteiger partial charge in [-0.05, 0) is 30.4 Å². The highest BCUT2D eigenvalue weighted by Crippen LogP contribution is 2.27. The van der Waals surface area contributed by atoms with Crippen molar-refractivity contribution in [3.05, 3.63) is 30.2 Å². The van der Waals surface area contributed by atoms with E-state index in [1.165, 1.54) is 0 Å². The predicted molar refractivity (Wildman–Crippen MR) is 89.0 cm³/mol. The summed E-state index contributed by atoms with van der Waals surface area (Å²) in [5.74, 6) is 2.62. The van der Waals surface area contributed by atoms with Crippen LogP contribution < -0.4 is 4.90 Å². The Bertz CT molecular complexity index is 693. The van der Waals surface area contributed by atoms with Crippen LogP contribution in [0.25, 0.3) is 11.4 Å². The molecule has 1 amide bonds. The van der Waals surface area contributed by atoms with Gasteiger partial charge in [-0.15, -0.1) is 0 Å². The molecule has 1 aliphatic heterocycles. The lowest BCUT2D eigenvalue weighted by atomic mass is 9.96. The van der Waals surface area contributed by atoms with E-state index in [2.05, 4.69) is 30.9 Å². The van der Waals surface area contributed by atoms with Gasteiger partial charge >= 0.3 is 0 Å². The van der Waals surface area contributed by atoms with Crippen molar-refractivity contribution in [3.63, 3.8) is 0 Å². The Kier molecular flexibility index (Phi) is 4.46. The van der Waals surface area contributed by atoms with Gasteiger partial charge in [-0.25, -0.2) is 0 Å². The molecule has 0 radical (unpaired) electrons. The van der Waals surface area contributed by atoms with Gasteiger partial charge in [0.15, 0.2) is 0 Å². The standard InChI is InChI=1S/C18H23N3O2/c1-12(2)9-13(3)10-16-19-18(20-23-16)14-5-4-6-15(11-14)21-8-7-17(21)22/h4-6,11-13H,7-10H2,1-3H3/t13-/m0/s1. The van der Waals surface area contributed by atoms with Crippen molar-refractivity contribution in [3.8, 4) is 11.4 Å². The van der Waals surface area contributed by atoms with E-state index in [9.17, 15) is 4.79 Å². The average molecular weight is 313 g/mol. The quantitative estimate of drug-likeness (QED) is 0.763. The summed E-state index contributed by atoms with van der Waals surface area (Å²) in [6, 6.07) is 7.75. The maximum Gasteiger partial charge on any atom is 0.228 e. The Balaban J connectivity index is 1.72. The molecular weight excluding hydrogens is 290 g/mol.